The van der Waals surface area contributed by atoms with Crippen molar-refractivity contribution in [2.75, 3.05) is 0 Å². The molecule has 1 aromatic carbocycles. The van der Waals surface area contributed by atoms with Crippen molar-refractivity contribution in [3.8, 4) is 0 Å². The van der Waals surface area contributed by atoms with Crippen LogP contribution in [0.1, 0.15) is 28.9 Å². The number of amides is 1. The van der Waals surface area contributed by atoms with Gasteiger partial charge in [0, 0.05) is 0 Å². The molecule has 2 aromatic rings. The fourth-order valence-corrected chi connectivity index (χ4v) is 1.91. The molecule has 0 spiro atoms. The van der Waals surface area contributed by atoms with E-state index in [-0.39, 0.29) is 10.7 Å². The maximum Gasteiger partial charge on any atom is 0.254 e. The summed E-state index contributed by atoms with van der Waals surface area (Å²) in [4.78, 5) is 15.5. The monoisotopic (exact) mass is 314 g/mol. The third-order valence-corrected chi connectivity index (χ3v) is 3.14. The van der Waals surface area contributed by atoms with Crippen molar-refractivity contribution in [1.82, 2.24) is 10.3 Å². The van der Waals surface area contributed by atoms with Crippen LogP contribution in [0.25, 0.3) is 0 Å². The van der Waals surface area contributed by atoms with Crippen LogP contribution in [0.3, 0.4) is 0 Å². The van der Waals surface area contributed by atoms with E-state index in [1.54, 1.807) is 6.92 Å². The summed E-state index contributed by atoms with van der Waals surface area (Å²) in [7, 11) is 0. The summed E-state index contributed by atoms with van der Waals surface area (Å²) in [6.45, 7) is 1.57. The van der Waals surface area contributed by atoms with Crippen LogP contribution in [-0.2, 0) is 0 Å². The fraction of sp³-hybridized carbons (Fsp3) is 0.143. The van der Waals surface area contributed by atoms with E-state index in [0.29, 0.717) is 5.56 Å². The van der Waals surface area contributed by atoms with Gasteiger partial charge in [-0.15, -0.1) is 0 Å². The Morgan fingerprint density at radius 2 is 1.95 bits per heavy atom. The van der Waals surface area contributed by atoms with E-state index in [0.717, 1.165) is 24.4 Å². The van der Waals surface area contributed by atoms with Crippen LogP contribution in [0.15, 0.2) is 30.5 Å². The maximum atomic E-state index is 13.1. The van der Waals surface area contributed by atoms with Crippen LogP contribution in [-0.4, -0.2) is 10.9 Å². The van der Waals surface area contributed by atoms with Crippen molar-refractivity contribution in [3.63, 3.8) is 0 Å². The SMILES string of the molecule is CC(NC(=O)c1cc(F)cnc1Cl)c1ccc(F)c(F)c1. The highest BCUT2D eigenvalue weighted by atomic mass is 35.5. The van der Waals surface area contributed by atoms with E-state index < -0.39 is 29.4 Å². The summed E-state index contributed by atoms with van der Waals surface area (Å²) in [5.74, 6) is -3.36. The zero-order valence-electron chi connectivity index (χ0n) is 10.8. The first-order chi connectivity index (χ1) is 9.88. The Kier molecular flexibility index (Phi) is 4.47. The average molecular weight is 315 g/mol. The first kappa shape index (κ1) is 15.3. The first-order valence-corrected chi connectivity index (χ1v) is 6.33. The van der Waals surface area contributed by atoms with E-state index in [1.807, 2.05) is 0 Å². The van der Waals surface area contributed by atoms with Gasteiger partial charge in [0.1, 0.15) is 11.0 Å². The van der Waals surface area contributed by atoms with Crippen molar-refractivity contribution < 1.29 is 18.0 Å². The van der Waals surface area contributed by atoms with Crippen molar-refractivity contribution in [2.24, 2.45) is 0 Å². The number of nitrogens with zero attached hydrogens (tertiary/aromatic N) is 1. The summed E-state index contributed by atoms with van der Waals surface area (Å²) >= 11 is 5.72. The topological polar surface area (TPSA) is 42.0 Å². The zero-order valence-corrected chi connectivity index (χ0v) is 11.6. The summed E-state index contributed by atoms with van der Waals surface area (Å²) in [6.07, 6.45) is 0.887. The van der Waals surface area contributed by atoms with Crippen LogP contribution in [0.2, 0.25) is 5.15 Å². The van der Waals surface area contributed by atoms with E-state index in [1.165, 1.54) is 6.07 Å². The summed E-state index contributed by atoms with van der Waals surface area (Å²) in [5.41, 5.74) is 0.230. The molecule has 1 N–H and O–H groups in total. The third-order valence-electron chi connectivity index (χ3n) is 2.84. The molecule has 1 amide bonds. The van der Waals surface area contributed by atoms with Gasteiger partial charge in [-0.1, -0.05) is 17.7 Å². The maximum absolute atomic E-state index is 13.1. The van der Waals surface area contributed by atoms with Gasteiger partial charge in [0.2, 0.25) is 0 Å². The smallest absolute Gasteiger partial charge is 0.254 e. The van der Waals surface area contributed by atoms with Gasteiger partial charge in [-0.05, 0) is 30.7 Å². The molecule has 110 valence electrons. The number of benzene rings is 1. The molecular formula is C14H10ClF3N2O. The highest BCUT2D eigenvalue weighted by molar-refractivity contribution is 6.32. The second-order valence-corrected chi connectivity index (χ2v) is 4.72. The average Bonchev–Trinajstić information content (AvgIpc) is 2.44. The zero-order chi connectivity index (χ0) is 15.6. The lowest BCUT2D eigenvalue weighted by Crippen LogP contribution is -2.27. The predicted octanol–water partition coefficient (Wildman–Crippen LogP) is 3.64. The van der Waals surface area contributed by atoms with Crippen molar-refractivity contribution in [3.05, 3.63) is 64.2 Å². The molecule has 3 nitrogen and oxygen atoms in total. The van der Waals surface area contributed by atoms with Gasteiger partial charge in [-0.25, -0.2) is 18.2 Å². The molecule has 1 unspecified atom stereocenters. The lowest BCUT2D eigenvalue weighted by atomic mass is 10.1. The number of hydrogen-bond acceptors (Lipinski definition) is 2. The lowest BCUT2D eigenvalue weighted by Gasteiger charge is -2.15. The molecule has 0 fully saturated rings. The molecule has 0 aliphatic rings. The van der Waals surface area contributed by atoms with E-state index in [4.69, 9.17) is 11.6 Å². The Morgan fingerprint density at radius 3 is 2.62 bits per heavy atom. The van der Waals surface area contributed by atoms with Crippen LogP contribution < -0.4 is 5.32 Å². The highest BCUT2D eigenvalue weighted by Crippen LogP contribution is 2.18. The molecule has 0 bridgehead atoms. The van der Waals surface area contributed by atoms with Crippen LogP contribution in [0, 0.1) is 17.5 Å². The van der Waals surface area contributed by atoms with Crippen molar-refractivity contribution in [2.45, 2.75) is 13.0 Å². The minimum absolute atomic E-state index is 0.133. The lowest BCUT2D eigenvalue weighted by molar-refractivity contribution is 0.0939. The largest absolute Gasteiger partial charge is 0.345 e. The molecule has 2 rings (SSSR count). The minimum Gasteiger partial charge on any atom is -0.345 e. The van der Waals surface area contributed by atoms with Gasteiger partial charge in [-0.2, -0.15) is 0 Å². The van der Waals surface area contributed by atoms with Gasteiger partial charge >= 0.3 is 0 Å². The van der Waals surface area contributed by atoms with Gasteiger partial charge in [0.15, 0.2) is 11.6 Å². The van der Waals surface area contributed by atoms with Crippen LogP contribution >= 0.6 is 11.6 Å². The van der Waals surface area contributed by atoms with Crippen molar-refractivity contribution in [1.29, 1.82) is 0 Å². The molecule has 0 radical (unpaired) electrons. The van der Waals surface area contributed by atoms with Gasteiger partial charge in [-0.3, -0.25) is 4.79 Å². The quantitative estimate of drug-likeness (QED) is 0.879. The van der Waals surface area contributed by atoms with Gasteiger partial charge < -0.3 is 5.32 Å². The number of hydrogen-bond donors (Lipinski definition) is 1. The minimum atomic E-state index is -1.01. The number of aromatic nitrogens is 1. The van der Waals surface area contributed by atoms with Crippen LogP contribution in [0.5, 0.6) is 0 Å². The first-order valence-electron chi connectivity index (χ1n) is 5.95. The molecule has 0 saturated heterocycles. The Bertz CT molecular complexity index is 694. The summed E-state index contributed by atoms with van der Waals surface area (Å²) < 4.78 is 39.1. The molecule has 1 heterocycles. The second kappa shape index (κ2) is 6.13. The van der Waals surface area contributed by atoms with E-state index in [9.17, 15) is 18.0 Å². The highest BCUT2D eigenvalue weighted by Gasteiger charge is 2.17. The molecule has 0 aliphatic heterocycles. The van der Waals surface area contributed by atoms with Gasteiger partial charge in [0.25, 0.3) is 5.91 Å². The standard InChI is InChI=1S/C14H10ClF3N2O/c1-7(8-2-3-11(17)12(18)4-8)20-14(21)10-5-9(16)6-19-13(10)15/h2-7H,1H3,(H,20,21). The molecule has 1 aromatic heterocycles. The second-order valence-electron chi connectivity index (χ2n) is 4.36. The predicted molar refractivity (Wildman–Crippen MR) is 71.4 cm³/mol. The fourth-order valence-electron chi connectivity index (χ4n) is 1.72. The molecular weight excluding hydrogens is 305 g/mol. The number of carbonyl (C=O) groups excluding carboxylic acids is 1. The Morgan fingerprint density at radius 1 is 1.24 bits per heavy atom. The Labute approximate surface area is 123 Å². The van der Waals surface area contributed by atoms with Gasteiger partial charge in [0.05, 0.1) is 17.8 Å². The molecule has 21 heavy (non-hydrogen) atoms. The molecule has 0 aliphatic carbocycles. The third kappa shape index (κ3) is 3.52. The number of rotatable bonds is 3. The summed E-state index contributed by atoms with van der Waals surface area (Å²) in [5, 5.41) is 2.36. The molecule has 0 saturated carbocycles. The number of carbonyl (C=O) groups is 1. The molecule has 7 heteroatoms. The number of nitrogens with one attached hydrogen (secondary N) is 1. The van der Waals surface area contributed by atoms with Crippen molar-refractivity contribution >= 4 is 17.5 Å². The number of pyridine rings is 1. The van der Waals surface area contributed by atoms with Crippen LogP contribution in [0.4, 0.5) is 13.2 Å². The molecule has 1 atom stereocenters. The Hall–Kier alpha value is -2.08. The number of halogens is 4. The summed E-state index contributed by atoms with van der Waals surface area (Å²) in [6, 6.07) is 3.61. The Balaban J connectivity index is 2.18. The van der Waals surface area contributed by atoms with E-state index in [2.05, 4.69) is 10.3 Å². The van der Waals surface area contributed by atoms with E-state index >= 15 is 0 Å². The normalized spacial score (nSPS) is 12.0.